The van der Waals surface area contributed by atoms with Gasteiger partial charge in [-0.2, -0.15) is 0 Å². The molecule has 1 N–H and O–H groups in total. The molecule has 2 atom stereocenters. The Morgan fingerprint density at radius 2 is 2.33 bits per heavy atom. The molecule has 2 rings (SSSR count). The van der Waals surface area contributed by atoms with Crippen LogP contribution in [0.5, 0.6) is 0 Å². The van der Waals surface area contributed by atoms with Crippen LogP contribution in [-0.2, 0) is 4.79 Å². The molecule has 2 aliphatic rings. The number of hydrogen-bond acceptors (Lipinski definition) is 2. The largest absolute Gasteiger partial charge is 0.337 e. The van der Waals surface area contributed by atoms with Crippen molar-refractivity contribution in [2.45, 2.75) is 32.2 Å². The van der Waals surface area contributed by atoms with E-state index in [1.165, 1.54) is 0 Å². The van der Waals surface area contributed by atoms with E-state index in [1.807, 2.05) is 0 Å². The second kappa shape index (κ2) is 4.79. The van der Waals surface area contributed by atoms with E-state index in [1.54, 1.807) is 0 Å². The lowest BCUT2D eigenvalue weighted by atomic mass is 9.92. The van der Waals surface area contributed by atoms with Gasteiger partial charge in [-0.25, -0.2) is 0 Å². The highest BCUT2D eigenvalue weighted by Crippen LogP contribution is 2.21. The molecular weight excluding hydrogens is 188 g/mol. The van der Waals surface area contributed by atoms with Crippen LogP contribution < -0.4 is 5.32 Å². The fourth-order valence-electron chi connectivity index (χ4n) is 2.42. The van der Waals surface area contributed by atoms with E-state index in [0.717, 1.165) is 38.9 Å². The molecule has 1 fully saturated rings. The second-order valence-corrected chi connectivity index (χ2v) is 4.57. The molecule has 1 heterocycles. The molecule has 15 heavy (non-hydrogen) atoms. The molecule has 0 aromatic carbocycles. The third kappa shape index (κ3) is 2.40. The zero-order valence-corrected chi connectivity index (χ0v) is 9.41. The van der Waals surface area contributed by atoms with Crippen molar-refractivity contribution in [2.24, 2.45) is 5.92 Å². The quantitative estimate of drug-likeness (QED) is 0.656. The van der Waals surface area contributed by atoms with Crippen LogP contribution in [-0.4, -0.2) is 36.5 Å². The number of piperazine rings is 1. The van der Waals surface area contributed by atoms with Crippen LogP contribution in [0.25, 0.3) is 0 Å². The summed E-state index contributed by atoms with van der Waals surface area (Å²) >= 11 is 0. The van der Waals surface area contributed by atoms with Gasteiger partial charge in [0.1, 0.15) is 0 Å². The molecule has 1 amide bonds. The summed E-state index contributed by atoms with van der Waals surface area (Å²) in [5.74, 6) is 0.615. The van der Waals surface area contributed by atoms with Gasteiger partial charge in [-0.1, -0.05) is 12.2 Å². The van der Waals surface area contributed by atoms with Crippen molar-refractivity contribution in [3.8, 4) is 0 Å². The van der Waals surface area contributed by atoms with E-state index in [9.17, 15) is 4.79 Å². The molecule has 0 aromatic rings. The Labute approximate surface area is 91.5 Å². The number of hydrogen-bond donors (Lipinski definition) is 1. The standard InChI is InChI=1S/C12H20N2O/c1-10-9-13-7-8-14(10)12(15)11-5-3-2-4-6-11/h2-3,10-11,13H,4-9H2,1H3. The number of rotatable bonds is 1. The Hall–Kier alpha value is -0.830. The van der Waals surface area contributed by atoms with Crippen molar-refractivity contribution in [2.75, 3.05) is 19.6 Å². The summed E-state index contributed by atoms with van der Waals surface area (Å²) in [7, 11) is 0. The van der Waals surface area contributed by atoms with Gasteiger partial charge in [-0.3, -0.25) is 4.79 Å². The van der Waals surface area contributed by atoms with Gasteiger partial charge in [0.05, 0.1) is 0 Å². The van der Waals surface area contributed by atoms with Gasteiger partial charge in [0.2, 0.25) is 5.91 Å². The smallest absolute Gasteiger partial charge is 0.226 e. The number of amides is 1. The topological polar surface area (TPSA) is 32.3 Å². The van der Waals surface area contributed by atoms with Gasteiger partial charge >= 0.3 is 0 Å². The lowest BCUT2D eigenvalue weighted by Crippen LogP contribution is -2.53. The Bertz CT molecular complexity index is 262. The maximum atomic E-state index is 12.2. The van der Waals surface area contributed by atoms with Gasteiger partial charge in [0.25, 0.3) is 0 Å². The third-order valence-electron chi connectivity index (χ3n) is 3.40. The van der Waals surface area contributed by atoms with E-state index in [-0.39, 0.29) is 5.92 Å². The van der Waals surface area contributed by atoms with Gasteiger partial charge in [-0.05, 0) is 26.2 Å². The molecule has 1 aliphatic carbocycles. The van der Waals surface area contributed by atoms with Crippen molar-refractivity contribution in [3.05, 3.63) is 12.2 Å². The van der Waals surface area contributed by atoms with E-state index in [0.29, 0.717) is 11.9 Å². The highest BCUT2D eigenvalue weighted by Gasteiger charge is 2.28. The fraction of sp³-hybridized carbons (Fsp3) is 0.750. The molecule has 2 unspecified atom stereocenters. The minimum atomic E-state index is 0.246. The summed E-state index contributed by atoms with van der Waals surface area (Å²) in [5, 5.41) is 3.31. The number of nitrogens with one attached hydrogen (secondary N) is 1. The summed E-state index contributed by atoms with van der Waals surface area (Å²) in [6, 6.07) is 0.358. The van der Waals surface area contributed by atoms with Crippen molar-refractivity contribution < 1.29 is 4.79 Å². The minimum Gasteiger partial charge on any atom is -0.337 e. The Morgan fingerprint density at radius 3 is 3.00 bits per heavy atom. The summed E-state index contributed by atoms with van der Waals surface area (Å²) in [6.07, 6.45) is 7.38. The average Bonchev–Trinajstić information content (AvgIpc) is 2.30. The molecule has 3 heteroatoms. The first-order valence-corrected chi connectivity index (χ1v) is 5.95. The van der Waals surface area contributed by atoms with Crippen molar-refractivity contribution in [1.29, 1.82) is 0 Å². The Morgan fingerprint density at radius 1 is 1.47 bits per heavy atom. The molecule has 0 radical (unpaired) electrons. The molecule has 0 spiro atoms. The summed E-state index contributed by atoms with van der Waals surface area (Å²) < 4.78 is 0. The monoisotopic (exact) mass is 208 g/mol. The van der Waals surface area contributed by atoms with Crippen LogP contribution in [0.3, 0.4) is 0 Å². The molecule has 3 nitrogen and oxygen atoms in total. The second-order valence-electron chi connectivity index (χ2n) is 4.57. The minimum absolute atomic E-state index is 0.246. The summed E-state index contributed by atoms with van der Waals surface area (Å²) in [4.78, 5) is 14.3. The maximum Gasteiger partial charge on any atom is 0.226 e. The third-order valence-corrected chi connectivity index (χ3v) is 3.40. The first-order chi connectivity index (χ1) is 7.29. The molecular formula is C12H20N2O. The molecule has 0 saturated carbocycles. The lowest BCUT2D eigenvalue weighted by Gasteiger charge is -2.36. The van der Waals surface area contributed by atoms with E-state index >= 15 is 0 Å². The van der Waals surface area contributed by atoms with Crippen molar-refractivity contribution in [1.82, 2.24) is 10.2 Å². The van der Waals surface area contributed by atoms with E-state index < -0.39 is 0 Å². The summed E-state index contributed by atoms with van der Waals surface area (Å²) in [5.41, 5.74) is 0. The van der Waals surface area contributed by atoms with Gasteiger partial charge in [0, 0.05) is 31.6 Å². The van der Waals surface area contributed by atoms with Gasteiger partial charge in [0.15, 0.2) is 0 Å². The number of allylic oxidation sites excluding steroid dienone is 2. The summed E-state index contributed by atoms with van der Waals surface area (Å²) in [6.45, 7) is 4.88. The van der Waals surface area contributed by atoms with E-state index in [2.05, 4.69) is 29.3 Å². The van der Waals surface area contributed by atoms with Crippen LogP contribution in [0.2, 0.25) is 0 Å². The fourth-order valence-corrected chi connectivity index (χ4v) is 2.42. The van der Waals surface area contributed by atoms with Crippen molar-refractivity contribution in [3.63, 3.8) is 0 Å². The maximum absolute atomic E-state index is 12.2. The van der Waals surface area contributed by atoms with Gasteiger partial charge in [-0.15, -0.1) is 0 Å². The zero-order valence-electron chi connectivity index (χ0n) is 9.41. The van der Waals surface area contributed by atoms with E-state index in [4.69, 9.17) is 0 Å². The van der Waals surface area contributed by atoms with Crippen molar-refractivity contribution >= 4 is 5.91 Å². The highest BCUT2D eigenvalue weighted by atomic mass is 16.2. The molecule has 0 bridgehead atoms. The van der Waals surface area contributed by atoms with Crippen LogP contribution in [0.15, 0.2) is 12.2 Å². The Balaban J connectivity index is 1.96. The molecule has 0 aromatic heterocycles. The molecule has 1 aliphatic heterocycles. The van der Waals surface area contributed by atoms with Crippen LogP contribution in [0.1, 0.15) is 26.2 Å². The zero-order chi connectivity index (χ0) is 10.7. The SMILES string of the molecule is CC1CNCCN1C(=O)C1CC=CCC1. The Kier molecular flexibility index (Phi) is 3.41. The first kappa shape index (κ1) is 10.7. The predicted octanol–water partition coefficient (Wildman–Crippen LogP) is 1.16. The molecule has 1 saturated heterocycles. The predicted molar refractivity (Wildman–Crippen MR) is 60.5 cm³/mol. The molecule has 84 valence electrons. The van der Waals surface area contributed by atoms with Gasteiger partial charge < -0.3 is 10.2 Å². The lowest BCUT2D eigenvalue weighted by molar-refractivity contribution is -0.138. The van der Waals surface area contributed by atoms with Crippen LogP contribution >= 0.6 is 0 Å². The highest BCUT2D eigenvalue weighted by molar-refractivity contribution is 5.79. The number of carbonyl (C=O) groups excluding carboxylic acids is 1. The number of carbonyl (C=O) groups is 1. The normalized spacial score (nSPS) is 31.7. The van der Waals surface area contributed by atoms with Crippen LogP contribution in [0, 0.1) is 5.92 Å². The average molecular weight is 208 g/mol. The van der Waals surface area contributed by atoms with Crippen LogP contribution in [0.4, 0.5) is 0 Å². The number of nitrogens with zero attached hydrogens (tertiary/aromatic N) is 1. The first-order valence-electron chi connectivity index (χ1n) is 5.95.